The molecule has 1 rings (SSSR count). The molecule has 1 amide bonds. The van der Waals surface area contributed by atoms with Crippen molar-refractivity contribution in [2.24, 2.45) is 0 Å². The minimum atomic E-state index is -4.87. The number of alkyl halides is 3. The van der Waals surface area contributed by atoms with Crippen LogP contribution in [-0.2, 0) is 11.3 Å². The fourth-order valence-electron chi connectivity index (χ4n) is 1.39. The molecule has 0 radical (unpaired) electrons. The van der Waals surface area contributed by atoms with Crippen LogP contribution in [0.25, 0.3) is 0 Å². The monoisotopic (exact) mass is 262 g/mol. The van der Waals surface area contributed by atoms with Gasteiger partial charge < -0.3 is 9.88 Å². The quantitative estimate of drug-likeness (QED) is 0.822. The summed E-state index contributed by atoms with van der Waals surface area (Å²) in [6.45, 7) is 2.51. The molecule has 0 aliphatic rings. The van der Waals surface area contributed by atoms with Gasteiger partial charge in [-0.1, -0.05) is 0 Å². The van der Waals surface area contributed by atoms with Crippen molar-refractivity contribution in [3.8, 4) is 0 Å². The zero-order chi connectivity index (χ0) is 13.8. The van der Waals surface area contributed by atoms with Crippen molar-refractivity contribution in [3.63, 3.8) is 0 Å². The molecule has 1 heterocycles. The Morgan fingerprint density at radius 2 is 2.06 bits per heavy atom. The van der Waals surface area contributed by atoms with Crippen molar-refractivity contribution >= 4 is 11.7 Å². The highest BCUT2D eigenvalue weighted by Crippen LogP contribution is 2.21. The lowest BCUT2D eigenvalue weighted by Gasteiger charge is -2.04. The summed E-state index contributed by atoms with van der Waals surface area (Å²) < 4.78 is 37.8. The number of ketones is 1. The summed E-state index contributed by atoms with van der Waals surface area (Å²) in [6, 6.07) is 1.09. The molecule has 0 aliphatic heterocycles. The maximum Gasteiger partial charge on any atom is 0.454 e. The lowest BCUT2D eigenvalue weighted by Crippen LogP contribution is -2.23. The molecule has 0 saturated carbocycles. The SMILES string of the molecule is CCNC(=O)CCn1ccc(C(=O)C(F)(F)F)c1. The minimum Gasteiger partial charge on any atom is -0.356 e. The number of carbonyl (C=O) groups excluding carboxylic acids is 2. The second kappa shape index (κ2) is 5.70. The zero-order valence-corrected chi connectivity index (χ0v) is 9.75. The van der Waals surface area contributed by atoms with E-state index in [-0.39, 0.29) is 18.9 Å². The van der Waals surface area contributed by atoms with Gasteiger partial charge in [0.2, 0.25) is 5.91 Å². The zero-order valence-electron chi connectivity index (χ0n) is 9.75. The molecule has 0 fully saturated rings. The number of hydrogen-bond acceptors (Lipinski definition) is 2. The van der Waals surface area contributed by atoms with Gasteiger partial charge >= 0.3 is 6.18 Å². The van der Waals surface area contributed by atoms with E-state index >= 15 is 0 Å². The molecule has 0 unspecified atom stereocenters. The minimum absolute atomic E-state index is 0.155. The molecule has 7 heteroatoms. The Labute approximate surface area is 102 Å². The third kappa shape index (κ3) is 3.90. The number of Topliss-reactive ketones (excluding diaryl/α,β-unsaturated/α-hetero) is 1. The van der Waals surface area contributed by atoms with Crippen LogP contribution in [0.4, 0.5) is 13.2 Å². The number of hydrogen-bond donors (Lipinski definition) is 1. The van der Waals surface area contributed by atoms with Crippen LogP contribution in [0, 0.1) is 0 Å². The topological polar surface area (TPSA) is 51.1 Å². The summed E-state index contributed by atoms with van der Waals surface area (Å²) in [5, 5.41) is 2.57. The molecule has 0 saturated heterocycles. The van der Waals surface area contributed by atoms with Crippen molar-refractivity contribution in [2.75, 3.05) is 6.54 Å². The first kappa shape index (κ1) is 14.3. The number of nitrogens with zero attached hydrogens (tertiary/aromatic N) is 1. The molecule has 0 aliphatic carbocycles. The molecule has 0 bridgehead atoms. The molecule has 1 aromatic heterocycles. The Morgan fingerprint density at radius 3 is 2.61 bits per heavy atom. The van der Waals surface area contributed by atoms with Gasteiger partial charge in [-0.3, -0.25) is 9.59 Å². The van der Waals surface area contributed by atoms with Gasteiger partial charge in [0.25, 0.3) is 5.78 Å². The van der Waals surface area contributed by atoms with Gasteiger partial charge in [-0.25, -0.2) is 0 Å². The predicted molar refractivity (Wildman–Crippen MR) is 58.1 cm³/mol. The molecule has 0 aromatic carbocycles. The van der Waals surface area contributed by atoms with Gasteiger partial charge in [0.15, 0.2) is 0 Å². The van der Waals surface area contributed by atoms with E-state index in [1.165, 1.54) is 10.8 Å². The fraction of sp³-hybridized carbons (Fsp3) is 0.455. The number of carbonyl (C=O) groups is 2. The molecule has 1 aromatic rings. The molecule has 18 heavy (non-hydrogen) atoms. The lowest BCUT2D eigenvalue weighted by molar-refractivity contribution is -0.121. The van der Waals surface area contributed by atoms with Gasteiger partial charge in [0.05, 0.1) is 0 Å². The molecule has 0 spiro atoms. The van der Waals surface area contributed by atoms with Crippen molar-refractivity contribution < 1.29 is 22.8 Å². The molecular weight excluding hydrogens is 249 g/mol. The van der Waals surface area contributed by atoms with Crippen LogP contribution < -0.4 is 5.32 Å². The fourth-order valence-corrected chi connectivity index (χ4v) is 1.39. The van der Waals surface area contributed by atoms with Crippen molar-refractivity contribution in [1.82, 2.24) is 9.88 Å². The summed E-state index contributed by atoms with van der Waals surface area (Å²) in [5.74, 6) is -2.06. The number of aromatic nitrogens is 1. The first-order valence-electron chi connectivity index (χ1n) is 5.38. The summed E-state index contributed by atoms with van der Waals surface area (Å²) in [7, 11) is 0. The summed E-state index contributed by atoms with van der Waals surface area (Å²) in [4.78, 5) is 22.0. The van der Waals surface area contributed by atoms with Crippen LogP contribution in [0.15, 0.2) is 18.5 Å². The highest BCUT2D eigenvalue weighted by Gasteiger charge is 2.39. The average Bonchev–Trinajstić information content (AvgIpc) is 2.73. The second-order valence-corrected chi connectivity index (χ2v) is 3.67. The van der Waals surface area contributed by atoms with E-state index in [2.05, 4.69) is 5.32 Å². The van der Waals surface area contributed by atoms with Gasteiger partial charge in [0.1, 0.15) is 0 Å². The number of aryl methyl sites for hydroxylation is 1. The highest BCUT2D eigenvalue weighted by molar-refractivity contribution is 6.00. The Morgan fingerprint density at radius 1 is 1.39 bits per heavy atom. The van der Waals surface area contributed by atoms with E-state index in [0.717, 1.165) is 12.3 Å². The normalized spacial score (nSPS) is 11.3. The van der Waals surface area contributed by atoms with Crippen LogP contribution in [0.2, 0.25) is 0 Å². The third-order valence-electron chi connectivity index (χ3n) is 2.24. The maximum atomic E-state index is 12.1. The second-order valence-electron chi connectivity index (χ2n) is 3.67. The Kier molecular flexibility index (Phi) is 4.52. The first-order valence-corrected chi connectivity index (χ1v) is 5.38. The van der Waals surface area contributed by atoms with E-state index in [4.69, 9.17) is 0 Å². The van der Waals surface area contributed by atoms with Crippen molar-refractivity contribution in [3.05, 3.63) is 24.0 Å². The number of amides is 1. The van der Waals surface area contributed by atoms with E-state index in [1.807, 2.05) is 0 Å². The predicted octanol–water partition coefficient (Wildman–Crippen LogP) is 1.76. The Hall–Kier alpha value is -1.79. The van der Waals surface area contributed by atoms with Crippen LogP contribution in [0.3, 0.4) is 0 Å². The van der Waals surface area contributed by atoms with Crippen molar-refractivity contribution in [1.29, 1.82) is 0 Å². The Bertz CT molecular complexity index is 438. The first-order chi connectivity index (χ1) is 8.34. The average molecular weight is 262 g/mol. The third-order valence-corrected chi connectivity index (χ3v) is 2.24. The van der Waals surface area contributed by atoms with E-state index < -0.39 is 17.5 Å². The molecular formula is C11H13F3N2O2. The van der Waals surface area contributed by atoms with Gasteiger partial charge in [-0.2, -0.15) is 13.2 Å². The highest BCUT2D eigenvalue weighted by atomic mass is 19.4. The summed E-state index contributed by atoms with van der Waals surface area (Å²) >= 11 is 0. The maximum absolute atomic E-state index is 12.1. The molecule has 1 N–H and O–H groups in total. The molecule has 0 atom stereocenters. The smallest absolute Gasteiger partial charge is 0.356 e. The lowest BCUT2D eigenvalue weighted by atomic mass is 10.2. The Balaban J connectivity index is 2.59. The van der Waals surface area contributed by atoms with Crippen LogP contribution >= 0.6 is 0 Å². The van der Waals surface area contributed by atoms with Crippen LogP contribution in [-0.4, -0.2) is 29.0 Å². The van der Waals surface area contributed by atoms with Crippen LogP contribution in [0.1, 0.15) is 23.7 Å². The van der Waals surface area contributed by atoms with Gasteiger partial charge in [0, 0.05) is 37.5 Å². The van der Waals surface area contributed by atoms with E-state index in [0.29, 0.717) is 6.54 Å². The number of halogens is 3. The summed E-state index contributed by atoms with van der Waals surface area (Å²) in [5.41, 5.74) is -0.418. The van der Waals surface area contributed by atoms with E-state index in [1.54, 1.807) is 6.92 Å². The standard InChI is InChI=1S/C11H13F3N2O2/c1-2-15-9(17)4-6-16-5-3-8(7-16)10(18)11(12,13)14/h3,5,7H,2,4,6H2,1H3,(H,15,17). The van der Waals surface area contributed by atoms with Crippen molar-refractivity contribution in [2.45, 2.75) is 26.1 Å². The molecule has 100 valence electrons. The molecule has 4 nitrogen and oxygen atoms in total. The van der Waals surface area contributed by atoms with Gasteiger partial charge in [-0.15, -0.1) is 0 Å². The number of nitrogens with one attached hydrogen (secondary N) is 1. The number of rotatable bonds is 5. The largest absolute Gasteiger partial charge is 0.454 e. The summed E-state index contributed by atoms with van der Waals surface area (Å²) in [6.07, 6.45) is -2.28. The van der Waals surface area contributed by atoms with E-state index in [9.17, 15) is 22.8 Å². The van der Waals surface area contributed by atoms with Crippen LogP contribution in [0.5, 0.6) is 0 Å². The van der Waals surface area contributed by atoms with Gasteiger partial charge in [-0.05, 0) is 13.0 Å².